The Bertz CT molecular complexity index is 390. The van der Waals surface area contributed by atoms with E-state index in [0.717, 1.165) is 17.9 Å². The maximum atomic E-state index is 6.05. The zero-order valence-electron chi connectivity index (χ0n) is 9.96. The quantitative estimate of drug-likeness (QED) is 0.858. The molecule has 0 fully saturated rings. The molecule has 0 amide bonds. The van der Waals surface area contributed by atoms with Crippen LogP contribution < -0.4 is 5.73 Å². The Labute approximate surface area is 102 Å². The minimum absolute atomic E-state index is 0.00181. The van der Waals surface area contributed by atoms with Crippen molar-refractivity contribution < 1.29 is 0 Å². The first-order valence-electron chi connectivity index (χ1n) is 5.76. The van der Waals surface area contributed by atoms with Gasteiger partial charge in [0.05, 0.1) is 5.54 Å². The highest BCUT2D eigenvalue weighted by molar-refractivity contribution is 6.30. The van der Waals surface area contributed by atoms with E-state index in [1.807, 2.05) is 6.07 Å². The molecule has 0 spiro atoms. The number of halogens is 1. The summed E-state index contributed by atoms with van der Waals surface area (Å²) in [4.78, 5) is 2.25. The lowest BCUT2D eigenvalue weighted by molar-refractivity contribution is 0.135. The molecule has 16 heavy (non-hydrogen) atoms. The van der Waals surface area contributed by atoms with Crippen LogP contribution in [0, 0.1) is 0 Å². The van der Waals surface area contributed by atoms with Crippen molar-refractivity contribution in [1.29, 1.82) is 0 Å². The number of aryl methyl sites for hydroxylation is 1. The summed E-state index contributed by atoms with van der Waals surface area (Å²) in [5.74, 6) is 0. The standard InChI is InChI=1S/C13H19ClN2/c1-16(2)13(9-15)7-3-4-10-8-11(14)5-6-12(10)13/h5-6,8H,3-4,7,9,15H2,1-2H3. The summed E-state index contributed by atoms with van der Waals surface area (Å²) in [6, 6.07) is 6.20. The largest absolute Gasteiger partial charge is 0.328 e. The van der Waals surface area contributed by atoms with Crippen molar-refractivity contribution in [3.8, 4) is 0 Å². The van der Waals surface area contributed by atoms with Crippen molar-refractivity contribution in [2.75, 3.05) is 20.6 Å². The Morgan fingerprint density at radius 1 is 1.44 bits per heavy atom. The highest BCUT2D eigenvalue weighted by atomic mass is 35.5. The van der Waals surface area contributed by atoms with Crippen LogP contribution in [0.2, 0.25) is 5.02 Å². The fourth-order valence-electron chi connectivity index (χ4n) is 2.79. The topological polar surface area (TPSA) is 29.3 Å². The van der Waals surface area contributed by atoms with Gasteiger partial charge in [0.25, 0.3) is 0 Å². The van der Waals surface area contributed by atoms with Gasteiger partial charge < -0.3 is 5.73 Å². The Hall–Kier alpha value is -0.570. The smallest absolute Gasteiger partial charge is 0.0581 e. The fraction of sp³-hybridized carbons (Fsp3) is 0.538. The highest BCUT2D eigenvalue weighted by Crippen LogP contribution is 2.39. The number of nitrogens with zero attached hydrogens (tertiary/aromatic N) is 1. The minimum Gasteiger partial charge on any atom is -0.328 e. The van der Waals surface area contributed by atoms with Crippen LogP contribution in [-0.4, -0.2) is 25.5 Å². The van der Waals surface area contributed by atoms with Crippen LogP contribution >= 0.6 is 11.6 Å². The molecular formula is C13H19ClN2. The fourth-order valence-corrected chi connectivity index (χ4v) is 2.98. The molecular weight excluding hydrogens is 220 g/mol. The minimum atomic E-state index is -0.00181. The number of rotatable bonds is 2. The number of nitrogens with two attached hydrogens (primary N) is 1. The molecule has 0 heterocycles. The molecule has 1 unspecified atom stereocenters. The maximum Gasteiger partial charge on any atom is 0.0581 e. The lowest BCUT2D eigenvalue weighted by atomic mass is 9.75. The van der Waals surface area contributed by atoms with E-state index in [0.29, 0.717) is 6.54 Å². The number of hydrogen-bond donors (Lipinski definition) is 1. The van der Waals surface area contributed by atoms with Crippen molar-refractivity contribution in [2.45, 2.75) is 24.8 Å². The second kappa shape index (κ2) is 4.36. The van der Waals surface area contributed by atoms with Crippen LogP contribution in [0.5, 0.6) is 0 Å². The van der Waals surface area contributed by atoms with Crippen LogP contribution in [0.1, 0.15) is 24.0 Å². The van der Waals surface area contributed by atoms with Gasteiger partial charge >= 0.3 is 0 Å². The predicted octanol–water partition coefficient (Wildman–Crippen LogP) is 2.39. The monoisotopic (exact) mass is 238 g/mol. The van der Waals surface area contributed by atoms with Crippen molar-refractivity contribution >= 4 is 11.6 Å². The van der Waals surface area contributed by atoms with Gasteiger partial charge in [0.2, 0.25) is 0 Å². The summed E-state index contributed by atoms with van der Waals surface area (Å²) in [6.45, 7) is 0.661. The maximum absolute atomic E-state index is 6.05. The van der Waals surface area contributed by atoms with Gasteiger partial charge in [-0.3, -0.25) is 4.90 Å². The van der Waals surface area contributed by atoms with E-state index >= 15 is 0 Å². The summed E-state index contributed by atoms with van der Waals surface area (Å²) >= 11 is 6.05. The summed E-state index contributed by atoms with van der Waals surface area (Å²) in [7, 11) is 4.22. The molecule has 0 saturated carbocycles. The van der Waals surface area contributed by atoms with Gasteiger partial charge in [0.15, 0.2) is 0 Å². The van der Waals surface area contributed by atoms with Crippen molar-refractivity contribution in [3.63, 3.8) is 0 Å². The zero-order valence-corrected chi connectivity index (χ0v) is 10.7. The molecule has 2 nitrogen and oxygen atoms in total. The van der Waals surface area contributed by atoms with Gasteiger partial charge in [-0.25, -0.2) is 0 Å². The molecule has 1 aromatic carbocycles. The molecule has 1 aliphatic carbocycles. The third kappa shape index (κ3) is 1.75. The number of fused-ring (bicyclic) bond motifs is 1. The Morgan fingerprint density at radius 2 is 2.19 bits per heavy atom. The van der Waals surface area contributed by atoms with Crippen LogP contribution in [0.25, 0.3) is 0 Å². The van der Waals surface area contributed by atoms with E-state index < -0.39 is 0 Å². The lowest BCUT2D eigenvalue weighted by Crippen LogP contribution is -2.49. The number of likely N-dealkylation sites (N-methyl/N-ethyl adjacent to an activating group) is 1. The van der Waals surface area contributed by atoms with Crippen LogP contribution in [0.3, 0.4) is 0 Å². The van der Waals surface area contributed by atoms with E-state index in [-0.39, 0.29) is 5.54 Å². The molecule has 0 bridgehead atoms. The van der Waals surface area contributed by atoms with Crippen molar-refractivity contribution in [1.82, 2.24) is 4.90 Å². The molecule has 2 N–H and O–H groups in total. The summed E-state index contributed by atoms with van der Waals surface area (Å²) < 4.78 is 0. The molecule has 1 aliphatic rings. The molecule has 1 atom stereocenters. The van der Waals surface area contributed by atoms with Gasteiger partial charge in [-0.1, -0.05) is 17.7 Å². The van der Waals surface area contributed by atoms with Gasteiger partial charge in [-0.15, -0.1) is 0 Å². The first kappa shape index (κ1) is 11.9. The van der Waals surface area contributed by atoms with Gasteiger partial charge in [-0.2, -0.15) is 0 Å². The molecule has 0 aliphatic heterocycles. The second-order valence-electron chi connectivity index (χ2n) is 4.79. The number of benzene rings is 1. The van der Waals surface area contributed by atoms with E-state index in [4.69, 9.17) is 17.3 Å². The van der Waals surface area contributed by atoms with Crippen LogP contribution in [-0.2, 0) is 12.0 Å². The SMILES string of the molecule is CN(C)C1(CN)CCCc2cc(Cl)ccc21. The molecule has 88 valence electrons. The van der Waals surface area contributed by atoms with Gasteiger partial charge in [-0.05, 0) is 56.6 Å². The molecule has 3 heteroatoms. The third-order valence-electron chi connectivity index (χ3n) is 3.80. The summed E-state index contributed by atoms with van der Waals surface area (Å²) in [5, 5.41) is 0.824. The molecule has 1 aromatic rings. The third-order valence-corrected chi connectivity index (χ3v) is 4.03. The second-order valence-corrected chi connectivity index (χ2v) is 5.22. The average Bonchev–Trinajstić information content (AvgIpc) is 2.27. The van der Waals surface area contributed by atoms with Gasteiger partial charge in [0.1, 0.15) is 0 Å². The molecule has 0 saturated heterocycles. The normalized spacial score (nSPS) is 24.6. The van der Waals surface area contributed by atoms with E-state index in [1.54, 1.807) is 0 Å². The van der Waals surface area contributed by atoms with Crippen LogP contribution in [0.15, 0.2) is 18.2 Å². The first-order valence-corrected chi connectivity index (χ1v) is 6.14. The lowest BCUT2D eigenvalue weighted by Gasteiger charge is -2.43. The molecule has 2 rings (SSSR count). The van der Waals surface area contributed by atoms with Gasteiger partial charge in [0, 0.05) is 11.6 Å². The molecule has 0 aromatic heterocycles. The van der Waals surface area contributed by atoms with Crippen LogP contribution in [0.4, 0.5) is 0 Å². The van der Waals surface area contributed by atoms with Crippen molar-refractivity contribution in [3.05, 3.63) is 34.3 Å². The highest BCUT2D eigenvalue weighted by Gasteiger charge is 2.37. The predicted molar refractivity (Wildman–Crippen MR) is 68.8 cm³/mol. The molecule has 0 radical (unpaired) electrons. The van der Waals surface area contributed by atoms with Crippen molar-refractivity contribution in [2.24, 2.45) is 5.73 Å². The zero-order chi connectivity index (χ0) is 11.8. The average molecular weight is 239 g/mol. The van der Waals surface area contributed by atoms with E-state index in [9.17, 15) is 0 Å². The summed E-state index contributed by atoms with van der Waals surface area (Å²) in [5.41, 5.74) is 8.73. The Kier molecular flexibility index (Phi) is 3.24. The first-order chi connectivity index (χ1) is 7.60. The van der Waals surface area contributed by atoms with E-state index in [2.05, 4.69) is 31.1 Å². The number of hydrogen-bond acceptors (Lipinski definition) is 2. The Morgan fingerprint density at radius 3 is 2.81 bits per heavy atom. The Balaban J connectivity index is 2.54. The summed E-state index contributed by atoms with van der Waals surface area (Å²) in [6.07, 6.45) is 3.43. The van der Waals surface area contributed by atoms with E-state index in [1.165, 1.54) is 17.5 Å².